The van der Waals surface area contributed by atoms with E-state index in [1.807, 2.05) is 24.3 Å². The fourth-order valence-corrected chi connectivity index (χ4v) is 1.79. The molecule has 0 bridgehead atoms. The van der Waals surface area contributed by atoms with Gasteiger partial charge in [-0.1, -0.05) is 39.8 Å². The van der Waals surface area contributed by atoms with E-state index in [1.165, 1.54) is 0 Å². The Kier molecular flexibility index (Phi) is 4.09. The summed E-state index contributed by atoms with van der Waals surface area (Å²) < 4.78 is 0. The van der Waals surface area contributed by atoms with Gasteiger partial charge in [-0.05, 0) is 23.5 Å². The molecule has 5 nitrogen and oxygen atoms in total. The van der Waals surface area contributed by atoms with Crippen LogP contribution in [0, 0.1) is 11.3 Å². The fraction of sp³-hybridized carbons (Fsp3) is 0.467. The molecular formula is C15H23N5. The molecule has 0 fully saturated rings. The molecule has 0 unspecified atom stereocenters. The van der Waals surface area contributed by atoms with Crippen LogP contribution in [0.3, 0.4) is 0 Å². The molecule has 0 amide bonds. The maximum absolute atomic E-state index is 5.44. The van der Waals surface area contributed by atoms with Crippen molar-refractivity contribution >= 4 is 22.7 Å². The van der Waals surface area contributed by atoms with E-state index in [-0.39, 0.29) is 5.41 Å². The Bertz CT molecular complexity index is 592. The molecule has 0 saturated carbocycles. The third-order valence-corrected chi connectivity index (χ3v) is 4.01. The normalized spacial score (nSPS) is 11.9. The number of hydrogen-bond donors (Lipinski definition) is 3. The summed E-state index contributed by atoms with van der Waals surface area (Å²) in [7, 11) is 0. The number of nitrogens with two attached hydrogens (primary N) is 1. The predicted molar refractivity (Wildman–Crippen MR) is 84.5 cm³/mol. The van der Waals surface area contributed by atoms with Crippen LogP contribution < -0.4 is 16.6 Å². The highest BCUT2D eigenvalue weighted by molar-refractivity contribution is 5.89. The molecule has 1 aromatic carbocycles. The highest BCUT2D eigenvalue weighted by Gasteiger charge is 2.22. The Balaban J connectivity index is 2.33. The summed E-state index contributed by atoms with van der Waals surface area (Å²) in [6.45, 7) is 9.79. The van der Waals surface area contributed by atoms with Gasteiger partial charge in [0.2, 0.25) is 5.95 Å². The van der Waals surface area contributed by atoms with Gasteiger partial charge in [0.15, 0.2) is 0 Å². The summed E-state index contributed by atoms with van der Waals surface area (Å²) in [6, 6.07) is 7.91. The minimum Gasteiger partial charge on any atom is -0.369 e. The molecule has 0 aliphatic heterocycles. The van der Waals surface area contributed by atoms with Gasteiger partial charge < -0.3 is 5.32 Å². The van der Waals surface area contributed by atoms with Crippen LogP contribution in [0.25, 0.3) is 10.9 Å². The van der Waals surface area contributed by atoms with E-state index in [4.69, 9.17) is 5.84 Å². The van der Waals surface area contributed by atoms with Crippen LogP contribution >= 0.6 is 0 Å². The molecule has 0 aliphatic rings. The van der Waals surface area contributed by atoms with Gasteiger partial charge in [0, 0.05) is 11.9 Å². The molecule has 2 rings (SSSR count). The van der Waals surface area contributed by atoms with E-state index in [0.29, 0.717) is 11.9 Å². The minimum atomic E-state index is 0.183. The Hall–Kier alpha value is -1.88. The van der Waals surface area contributed by atoms with E-state index in [1.54, 1.807) is 0 Å². The molecule has 0 aliphatic carbocycles. The molecule has 1 aromatic heterocycles. The van der Waals surface area contributed by atoms with Crippen LogP contribution in [0.2, 0.25) is 0 Å². The summed E-state index contributed by atoms with van der Waals surface area (Å²) in [5.74, 6) is 7.26. The summed E-state index contributed by atoms with van der Waals surface area (Å²) in [5, 5.41) is 4.44. The fourth-order valence-electron chi connectivity index (χ4n) is 1.79. The quantitative estimate of drug-likeness (QED) is 0.576. The van der Waals surface area contributed by atoms with Crippen molar-refractivity contribution in [2.75, 3.05) is 17.3 Å². The van der Waals surface area contributed by atoms with Crippen molar-refractivity contribution in [3.05, 3.63) is 24.3 Å². The van der Waals surface area contributed by atoms with Gasteiger partial charge in [0.1, 0.15) is 5.82 Å². The van der Waals surface area contributed by atoms with Crippen LogP contribution in [0.4, 0.5) is 11.8 Å². The smallest absolute Gasteiger partial charge is 0.239 e. The topological polar surface area (TPSA) is 75.9 Å². The largest absolute Gasteiger partial charge is 0.369 e. The summed E-state index contributed by atoms with van der Waals surface area (Å²) >= 11 is 0. The Morgan fingerprint density at radius 1 is 1.20 bits per heavy atom. The lowest BCUT2D eigenvalue weighted by Crippen LogP contribution is -2.29. The van der Waals surface area contributed by atoms with Crippen LogP contribution in [0.5, 0.6) is 0 Å². The molecule has 4 N–H and O–H groups in total. The lowest BCUT2D eigenvalue weighted by atomic mass is 9.81. The first-order chi connectivity index (χ1) is 9.44. The third-order valence-electron chi connectivity index (χ3n) is 4.01. The number of anilines is 2. The summed E-state index contributed by atoms with van der Waals surface area (Å²) in [4.78, 5) is 8.77. The van der Waals surface area contributed by atoms with Crippen molar-refractivity contribution in [3.63, 3.8) is 0 Å². The first kappa shape index (κ1) is 14.5. The number of rotatable bonds is 5. The number of aromatic nitrogens is 2. The van der Waals surface area contributed by atoms with Crippen LogP contribution in [0.15, 0.2) is 24.3 Å². The molecule has 2 aromatic rings. The Morgan fingerprint density at radius 2 is 1.90 bits per heavy atom. The first-order valence-electron chi connectivity index (χ1n) is 6.91. The van der Waals surface area contributed by atoms with E-state index < -0.39 is 0 Å². The van der Waals surface area contributed by atoms with Gasteiger partial charge in [0.05, 0.1) is 5.52 Å². The van der Waals surface area contributed by atoms with E-state index >= 15 is 0 Å². The van der Waals surface area contributed by atoms with Crippen molar-refractivity contribution in [2.45, 2.75) is 27.7 Å². The highest BCUT2D eigenvalue weighted by atomic mass is 15.3. The van der Waals surface area contributed by atoms with Crippen molar-refractivity contribution in [1.82, 2.24) is 9.97 Å². The molecule has 0 saturated heterocycles. The average Bonchev–Trinajstić information content (AvgIpc) is 2.44. The molecule has 1 heterocycles. The second-order valence-corrected chi connectivity index (χ2v) is 6.05. The van der Waals surface area contributed by atoms with Gasteiger partial charge in [-0.3, -0.25) is 5.43 Å². The van der Waals surface area contributed by atoms with E-state index in [9.17, 15) is 0 Å². The molecule has 0 spiro atoms. The van der Waals surface area contributed by atoms with Gasteiger partial charge in [-0.2, -0.15) is 4.98 Å². The average molecular weight is 273 g/mol. The van der Waals surface area contributed by atoms with Gasteiger partial charge in [0.25, 0.3) is 0 Å². The maximum Gasteiger partial charge on any atom is 0.239 e. The van der Waals surface area contributed by atoms with E-state index in [0.717, 1.165) is 23.3 Å². The van der Waals surface area contributed by atoms with Crippen molar-refractivity contribution in [1.29, 1.82) is 0 Å². The molecule has 108 valence electrons. The molecule has 0 atom stereocenters. The highest BCUT2D eigenvalue weighted by Crippen LogP contribution is 2.28. The number of nitrogens with one attached hydrogen (secondary N) is 2. The van der Waals surface area contributed by atoms with Crippen LogP contribution in [0.1, 0.15) is 27.7 Å². The molecule has 20 heavy (non-hydrogen) atoms. The number of nitrogens with zero attached hydrogens (tertiary/aromatic N) is 2. The number of fused-ring (bicyclic) bond motifs is 1. The van der Waals surface area contributed by atoms with Gasteiger partial charge >= 0.3 is 0 Å². The number of hydrazine groups is 1. The minimum absolute atomic E-state index is 0.183. The molecule has 0 radical (unpaired) electrons. The standard InChI is InChI=1S/C15H23N5/c1-10(2)15(3,4)9-17-13-11-7-5-6-8-12(11)18-14(19-13)20-16/h5-8,10H,9,16H2,1-4H3,(H2,17,18,19,20). The van der Waals surface area contributed by atoms with Crippen LogP contribution in [-0.2, 0) is 0 Å². The first-order valence-corrected chi connectivity index (χ1v) is 6.91. The number of hydrogen-bond acceptors (Lipinski definition) is 5. The lowest BCUT2D eigenvalue weighted by Gasteiger charge is -2.29. The summed E-state index contributed by atoms with van der Waals surface area (Å²) in [6.07, 6.45) is 0. The molecule has 5 heteroatoms. The van der Waals surface area contributed by atoms with Gasteiger partial charge in [-0.25, -0.2) is 10.8 Å². The zero-order chi connectivity index (χ0) is 14.8. The number of benzene rings is 1. The van der Waals surface area contributed by atoms with Crippen LogP contribution in [-0.4, -0.2) is 16.5 Å². The second kappa shape index (κ2) is 5.63. The maximum atomic E-state index is 5.44. The Morgan fingerprint density at radius 3 is 2.55 bits per heavy atom. The Labute approximate surface area is 120 Å². The SMILES string of the molecule is CC(C)C(C)(C)CNc1nc(NN)nc2ccccc12. The van der Waals surface area contributed by atoms with Crippen molar-refractivity contribution in [2.24, 2.45) is 17.2 Å². The second-order valence-electron chi connectivity index (χ2n) is 6.05. The number of nitrogen functional groups attached to an aromatic ring is 1. The summed E-state index contributed by atoms with van der Waals surface area (Å²) in [5.41, 5.74) is 3.58. The van der Waals surface area contributed by atoms with Crippen molar-refractivity contribution < 1.29 is 0 Å². The monoisotopic (exact) mass is 273 g/mol. The zero-order valence-corrected chi connectivity index (χ0v) is 12.6. The molecular weight excluding hydrogens is 250 g/mol. The number of para-hydroxylation sites is 1. The lowest BCUT2D eigenvalue weighted by molar-refractivity contribution is 0.269. The zero-order valence-electron chi connectivity index (χ0n) is 12.6. The van der Waals surface area contributed by atoms with E-state index in [2.05, 4.69) is 48.4 Å². The third kappa shape index (κ3) is 2.99. The predicted octanol–water partition coefficient (Wildman–Crippen LogP) is 3.01. The van der Waals surface area contributed by atoms with Gasteiger partial charge in [-0.15, -0.1) is 0 Å². The van der Waals surface area contributed by atoms with Crippen molar-refractivity contribution in [3.8, 4) is 0 Å².